The molecule has 1 atom stereocenters. The SMILES string of the molecule is CCC(O)(CN)CCCN(C)c1cccc(F)c1. The first kappa shape index (κ1) is 14.9. The minimum absolute atomic E-state index is 0.230. The summed E-state index contributed by atoms with van der Waals surface area (Å²) < 4.78 is 13.1. The number of hydrogen-bond donors (Lipinski definition) is 2. The molecule has 3 N–H and O–H groups in total. The van der Waals surface area contributed by atoms with E-state index < -0.39 is 5.60 Å². The lowest BCUT2D eigenvalue weighted by Crippen LogP contribution is -2.37. The first-order valence-electron chi connectivity index (χ1n) is 6.40. The predicted octanol–water partition coefficient (Wildman–Crippen LogP) is 2.14. The monoisotopic (exact) mass is 254 g/mol. The molecule has 4 heteroatoms. The van der Waals surface area contributed by atoms with Gasteiger partial charge in [0.25, 0.3) is 0 Å². The fourth-order valence-electron chi connectivity index (χ4n) is 1.91. The van der Waals surface area contributed by atoms with Gasteiger partial charge in [-0.2, -0.15) is 0 Å². The third-order valence-electron chi connectivity index (χ3n) is 3.42. The Bertz CT molecular complexity index is 367. The summed E-state index contributed by atoms with van der Waals surface area (Å²) in [5.41, 5.74) is 5.64. The molecule has 0 aliphatic heterocycles. The van der Waals surface area contributed by atoms with E-state index in [-0.39, 0.29) is 12.4 Å². The third-order valence-corrected chi connectivity index (χ3v) is 3.42. The number of nitrogens with two attached hydrogens (primary N) is 1. The largest absolute Gasteiger partial charge is 0.389 e. The van der Waals surface area contributed by atoms with Gasteiger partial charge in [0, 0.05) is 25.8 Å². The fraction of sp³-hybridized carbons (Fsp3) is 0.571. The Morgan fingerprint density at radius 2 is 2.17 bits per heavy atom. The second kappa shape index (κ2) is 6.71. The molecule has 0 aromatic heterocycles. The van der Waals surface area contributed by atoms with E-state index in [1.807, 2.05) is 24.9 Å². The van der Waals surface area contributed by atoms with Crippen LogP contribution in [-0.2, 0) is 0 Å². The molecule has 1 rings (SSSR count). The maximum absolute atomic E-state index is 13.1. The van der Waals surface area contributed by atoms with Crippen molar-refractivity contribution in [1.29, 1.82) is 0 Å². The highest BCUT2D eigenvalue weighted by Gasteiger charge is 2.21. The summed E-state index contributed by atoms with van der Waals surface area (Å²) in [6.45, 7) is 2.99. The lowest BCUT2D eigenvalue weighted by atomic mass is 9.95. The van der Waals surface area contributed by atoms with E-state index in [0.29, 0.717) is 12.8 Å². The maximum atomic E-state index is 13.1. The highest BCUT2D eigenvalue weighted by Crippen LogP contribution is 2.18. The molecule has 0 fully saturated rings. The second-order valence-electron chi connectivity index (χ2n) is 4.79. The minimum atomic E-state index is -0.761. The molecule has 0 aliphatic carbocycles. The van der Waals surface area contributed by atoms with Gasteiger partial charge in [-0.1, -0.05) is 13.0 Å². The standard InChI is InChI=1S/C14H23FN2O/c1-3-14(18,11-16)8-5-9-17(2)13-7-4-6-12(15)10-13/h4,6-7,10,18H,3,5,8-9,11,16H2,1-2H3. The quantitative estimate of drug-likeness (QED) is 0.784. The Labute approximate surface area is 108 Å². The molecule has 0 aliphatic rings. The van der Waals surface area contributed by atoms with Crippen LogP contribution in [0.15, 0.2) is 24.3 Å². The van der Waals surface area contributed by atoms with Crippen molar-refractivity contribution in [2.45, 2.75) is 31.8 Å². The maximum Gasteiger partial charge on any atom is 0.125 e. The summed E-state index contributed by atoms with van der Waals surface area (Å²) in [6.07, 6.45) is 2.15. The molecule has 0 radical (unpaired) electrons. The topological polar surface area (TPSA) is 49.5 Å². The molecule has 1 aromatic rings. The molecule has 0 spiro atoms. The fourth-order valence-corrected chi connectivity index (χ4v) is 1.91. The molecule has 0 saturated heterocycles. The van der Waals surface area contributed by atoms with Crippen LogP contribution in [-0.4, -0.2) is 30.8 Å². The molecule has 1 aromatic carbocycles. The average molecular weight is 254 g/mol. The number of benzene rings is 1. The highest BCUT2D eigenvalue weighted by molar-refractivity contribution is 5.45. The van der Waals surface area contributed by atoms with Gasteiger partial charge in [-0.05, 0) is 37.5 Å². The van der Waals surface area contributed by atoms with Crippen molar-refractivity contribution in [1.82, 2.24) is 0 Å². The van der Waals surface area contributed by atoms with Crippen LogP contribution in [0, 0.1) is 5.82 Å². The summed E-state index contributed by atoms with van der Waals surface area (Å²) in [7, 11) is 1.92. The second-order valence-corrected chi connectivity index (χ2v) is 4.79. The van der Waals surface area contributed by atoms with Gasteiger partial charge in [0.15, 0.2) is 0 Å². The zero-order chi connectivity index (χ0) is 13.6. The Morgan fingerprint density at radius 3 is 2.72 bits per heavy atom. The molecule has 1 unspecified atom stereocenters. The molecule has 18 heavy (non-hydrogen) atoms. The van der Waals surface area contributed by atoms with Crippen LogP contribution in [0.4, 0.5) is 10.1 Å². The Balaban J connectivity index is 2.44. The number of aliphatic hydroxyl groups is 1. The van der Waals surface area contributed by atoms with Gasteiger partial charge in [0.1, 0.15) is 5.82 Å². The Hall–Kier alpha value is -1.13. The van der Waals surface area contributed by atoms with E-state index in [0.717, 1.165) is 18.7 Å². The van der Waals surface area contributed by atoms with Gasteiger partial charge in [0.05, 0.1) is 5.60 Å². The number of nitrogens with zero attached hydrogens (tertiary/aromatic N) is 1. The molecule has 3 nitrogen and oxygen atoms in total. The summed E-state index contributed by atoms with van der Waals surface area (Å²) in [5.74, 6) is -0.230. The van der Waals surface area contributed by atoms with Crippen molar-refractivity contribution < 1.29 is 9.50 Å². The zero-order valence-electron chi connectivity index (χ0n) is 11.2. The van der Waals surface area contributed by atoms with Crippen molar-refractivity contribution in [2.75, 3.05) is 25.0 Å². The Kier molecular flexibility index (Phi) is 5.56. The van der Waals surface area contributed by atoms with Crippen molar-refractivity contribution in [3.8, 4) is 0 Å². The third kappa shape index (κ3) is 4.27. The molecule has 0 heterocycles. The highest BCUT2D eigenvalue weighted by atomic mass is 19.1. The number of hydrogen-bond acceptors (Lipinski definition) is 3. The van der Waals surface area contributed by atoms with Crippen LogP contribution in [0.5, 0.6) is 0 Å². The van der Waals surface area contributed by atoms with Crippen LogP contribution in [0.1, 0.15) is 26.2 Å². The van der Waals surface area contributed by atoms with Crippen molar-refractivity contribution in [2.24, 2.45) is 5.73 Å². The lowest BCUT2D eigenvalue weighted by molar-refractivity contribution is 0.0350. The van der Waals surface area contributed by atoms with E-state index in [4.69, 9.17) is 5.73 Å². The molecule has 102 valence electrons. The lowest BCUT2D eigenvalue weighted by Gasteiger charge is -2.26. The van der Waals surface area contributed by atoms with Gasteiger partial charge >= 0.3 is 0 Å². The molecular weight excluding hydrogens is 231 g/mol. The number of halogens is 1. The van der Waals surface area contributed by atoms with Crippen LogP contribution < -0.4 is 10.6 Å². The van der Waals surface area contributed by atoms with Gasteiger partial charge in [-0.15, -0.1) is 0 Å². The van der Waals surface area contributed by atoms with Gasteiger partial charge in [-0.25, -0.2) is 4.39 Å². The van der Waals surface area contributed by atoms with Gasteiger partial charge in [-0.3, -0.25) is 0 Å². The number of rotatable bonds is 7. The number of anilines is 1. The zero-order valence-corrected chi connectivity index (χ0v) is 11.2. The first-order chi connectivity index (χ1) is 8.50. The van der Waals surface area contributed by atoms with E-state index >= 15 is 0 Å². The van der Waals surface area contributed by atoms with E-state index in [1.165, 1.54) is 12.1 Å². The van der Waals surface area contributed by atoms with Crippen molar-refractivity contribution in [3.05, 3.63) is 30.1 Å². The Morgan fingerprint density at radius 1 is 1.44 bits per heavy atom. The molecular formula is C14H23FN2O. The van der Waals surface area contributed by atoms with Gasteiger partial charge in [0.2, 0.25) is 0 Å². The molecule has 0 amide bonds. The van der Waals surface area contributed by atoms with E-state index in [2.05, 4.69) is 0 Å². The van der Waals surface area contributed by atoms with Crippen molar-refractivity contribution in [3.63, 3.8) is 0 Å². The van der Waals surface area contributed by atoms with Crippen molar-refractivity contribution >= 4 is 5.69 Å². The van der Waals surface area contributed by atoms with Gasteiger partial charge < -0.3 is 15.7 Å². The van der Waals surface area contributed by atoms with Crippen LogP contribution >= 0.6 is 0 Å². The van der Waals surface area contributed by atoms with Crippen LogP contribution in [0.2, 0.25) is 0 Å². The summed E-state index contributed by atoms with van der Waals surface area (Å²) in [5, 5.41) is 10.1. The minimum Gasteiger partial charge on any atom is -0.389 e. The molecule has 0 saturated carbocycles. The first-order valence-corrected chi connectivity index (χ1v) is 6.40. The summed E-state index contributed by atoms with van der Waals surface area (Å²) in [6, 6.07) is 6.51. The van der Waals surface area contributed by atoms with Crippen LogP contribution in [0.25, 0.3) is 0 Å². The average Bonchev–Trinajstić information content (AvgIpc) is 2.38. The predicted molar refractivity (Wildman–Crippen MR) is 73.2 cm³/mol. The van der Waals surface area contributed by atoms with E-state index in [1.54, 1.807) is 6.07 Å². The summed E-state index contributed by atoms with van der Waals surface area (Å²) in [4.78, 5) is 1.98. The normalized spacial score (nSPS) is 14.3. The van der Waals surface area contributed by atoms with E-state index in [9.17, 15) is 9.50 Å². The smallest absolute Gasteiger partial charge is 0.125 e. The van der Waals surface area contributed by atoms with Crippen LogP contribution in [0.3, 0.4) is 0 Å². The molecule has 0 bridgehead atoms. The summed E-state index contributed by atoms with van der Waals surface area (Å²) >= 11 is 0.